The summed E-state index contributed by atoms with van der Waals surface area (Å²) in [5.74, 6) is -0.563. The van der Waals surface area contributed by atoms with E-state index in [9.17, 15) is 9.59 Å². The largest absolute Gasteiger partial charge is 0.352 e. The first-order valence-corrected chi connectivity index (χ1v) is 9.64. The Hall–Kier alpha value is -3.51. The second-order valence-electron chi connectivity index (χ2n) is 6.25. The minimum absolute atomic E-state index is 0.120. The Kier molecular flexibility index (Phi) is 6.71. The zero-order chi connectivity index (χ0) is 20.6. The smallest absolute Gasteiger partial charge is 0.253 e. The van der Waals surface area contributed by atoms with E-state index in [1.807, 2.05) is 49.4 Å². The van der Waals surface area contributed by atoms with Crippen molar-refractivity contribution in [1.82, 2.24) is 10.6 Å². The lowest BCUT2D eigenvalue weighted by molar-refractivity contribution is -0.115. The second-order valence-corrected chi connectivity index (χ2v) is 6.66. The summed E-state index contributed by atoms with van der Waals surface area (Å²) < 4.78 is 0. The molecule has 0 saturated heterocycles. The highest BCUT2D eigenvalue weighted by Crippen LogP contribution is 2.19. The summed E-state index contributed by atoms with van der Waals surface area (Å²) in [5.41, 5.74) is 1.93. The van der Waals surface area contributed by atoms with Crippen LogP contribution in [0.1, 0.15) is 22.8 Å². The van der Waals surface area contributed by atoms with Gasteiger partial charge in [0.25, 0.3) is 5.91 Å². The molecule has 0 aliphatic rings. The predicted molar refractivity (Wildman–Crippen MR) is 122 cm³/mol. The van der Waals surface area contributed by atoms with Crippen molar-refractivity contribution in [3.63, 3.8) is 0 Å². The lowest BCUT2D eigenvalue weighted by atomic mass is 10.0. The van der Waals surface area contributed by atoms with Gasteiger partial charge in [-0.3, -0.25) is 14.9 Å². The molecule has 0 atom stereocenters. The van der Waals surface area contributed by atoms with Gasteiger partial charge in [-0.15, -0.1) is 0 Å². The van der Waals surface area contributed by atoms with E-state index in [-0.39, 0.29) is 16.9 Å². The summed E-state index contributed by atoms with van der Waals surface area (Å²) in [6, 6.07) is 20.9. The van der Waals surface area contributed by atoms with Crippen molar-refractivity contribution >= 4 is 51.7 Å². The van der Waals surface area contributed by atoms with Gasteiger partial charge in [-0.2, -0.15) is 0 Å². The fraction of sp³-hybridized carbons (Fsp3) is 0.0870. The van der Waals surface area contributed by atoms with E-state index in [0.29, 0.717) is 17.8 Å². The maximum atomic E-state index is 12.3. The lowest BCUT2D eigenvalue weighted by Gasteiger charge is -2.12. The average Bonchev–Trinajstić information content (AvgIpc) is 2.72. The van der Waals surface area contributed by atoms with Gasteiger partial charge >= 0.3 is 0 Å². The molecule has 2 amide bonds. The van der Waals surface area contributed by atoms with E-state index in [1.54, 1.807) is 30.3 Å². The summed E-state index contributed by atoms with van der Waals surface area (Å²) in [4.78, 5) is 24.4. The molecule has 0 aromatic heterocycles. The first kappa shape index (κ1) is 20.2. The van der Waals surface area contributed by atoms with Crippen LogP contribution in [0.2, 0.25) is 0 Å². The number of fused-ring (bicyclic) bond motifs is 1. The van der Waals surface area contributed by atoms with E-state index in [0.717, 1.165) is 16.3 Å². The Bertz CT molecular complexity index is 1090. The number of carbonyl (C=O) groups excluding carboxylic acids is 2. The van der Waals surface area contributed by atoms with Crippen LogP contribution >= 0.6 is 12.2 Å². The molecule has 0 bridgehead atoms. The van der Waals surface area contributed by atoms with Crippen molar-refractivity contribution in [2.24, 2.45) is 0 Å². The number of para-hydroxylation sites is 1. The van der Waals surface area contributed by atoms with Crippen molar-refractivity contribution in [2.45, 2.75) is 6.92 Å². The Balaban J connectivity index is 1.66. The van der Waals surface area contributed by atoms with Crippen LogP contribution in [0.5, 0.6) is 0 Å². The minimum atomic E-state index is -0.356. The first-order valence-electron chi connectivity index (χ1n) is 9.23. The molecule has 0 unspecified atom stereocenters. The molecule has 146 valence electrons. The molecule has 3 rings (SSSR count). The number of benzene rings is 3. The highest BCUT2D eigenvalue weighted by Gasteiger charge is 2.11. The monoisotopic (exact) mass is 403 g/mol. The van der Waals surface area contributed by atoms with Gasteiger partial charge in [-0.05, 0) is 53.7 Å². The van der Waals surface area contributed by atoms with E-state index in [2.05, 4.69) is 16.0 Å². The predicted octanol–water partition coefficient (Wildman–Crippen LogP) is 4.12. The van der Waals surface area contributed by atoms with Crippen LogP contribution in [-0.2, 0) is 4.79 Å². The number of carbonyl (C=O) groups is 2. The topological polar surface area (TPSA) is 70.2 Å². The molecule has 3 aromatic carbocycles. The molecule has 0 saturated carbocycles. The van der Waals surface area contributed by atoms with Crippen molar-refractivity contribution < 1.29 is 9.59 Å². The van der Waals surface area contributed by atoms with Crippen LogP contribution in [0.25, 0.3) is 16.8 Å². The molecule has 3 N–H and O–H groups in total. The van der Waals surface area contributed by atoms with Crippen molar-refractivity contribution in [2.75, 3.05) is 11.9 Å². The van der Waals surface area contributed by atoms with E-state index < -0.39 is 0 Å². The number of rotatable bonds is 5. The van der Waals surface area contributed by atoms with E-state index in [4.69, 9.17) is 12.2 Å². The number of hydrogen-bond acceptors (Lipinski definition) is 3. The Morgan fingerprint density at radius 3 is 2.52 bits per heavy atom. The Morgan fingerprint density at radius 2 is 1.69 bits per heavy atom. The van der Waals surface area contributed by atoms with Gasteiger partial charge < -0.3 is 10.6 Å². The number of amides is 2. The third-order valence-corrected chi connectivity index (χ3v) is 4.44. The molecule has 0 aliphatic heterocycles. The quantitative estimate of drug-likeness (QED) is 0.443. The molecule has 3 aromatic rings. The molecule has 5 nitrogen and oxygen atoms in total. The molecular formula is C23H21N3O2S. The number of nitrogens with one attached hydrogen (secondary N) is 3. The first-order chi connectivity index (χ1) is 14.1. The number of anilines is 1. The van der Waals surface area contributed by atoms with Crippen molar-refractivity contribution in [3.05, 3.63) is 83.9 Å². The third-order valence-electron chi connectivity index (χ3n) is 4.23. The van der Waals surface area contributed by atoms with Gasteiger partial charge in [-0.25, -0.2) is 0 Å². The molecular weight excluding hydrogens is 382 g/mol. The fourth-order valence-corrected chi connectivity index (χ4v) is 3.12. The van der Waals surface area contributed by atoms with Crippen LogP contribution in [0.15, 0.2) is 72.8 Å². The van der Waals surface area contributed by atoms with E-state index >= 15 is 0 Å². The van der Waals surface area contributed by atoms with Gasteiger partial charge in [0.15, 0.2) is 5.11 Å². The molecule has 0 spiro atoms. The fourth-order valence-electron chi connectivity index (χ4n) is 2.91. The molecule has 0 heterocycles. The summed E-state index contributed by atoms with van der Waals surface area (Å²) in [6.45, 7) is 2.37. The molecule has 6 heteroatoms. The zero-order valence-electron chi connectivity index (χ0n) is 15.9. The summed E-state index contributed by atoms with van der Waals surface area (Å²) in [5, 5.41) is 10.6. The molecule has 0 aliphatic carbocycles. The summed E-state index contributed by atoms with van der Waals surface area (Å²) in [7, 11) is 0. The van der Waals surface area contributed by atoms with Crippen LogP contribution in [0, 0.1) is 0 Å². The average molecular weight is 404 g/mol. The van der Waals surface area contributed by atoms with Crippen LogP contribution in [-0.4, -0.2) is 23.5 Å². The van der Waals surface area contributed by atoms with Gasteiger partial charge in [0, 0.05) is 12.6 Å². The minimum Gasteiger partial charge on any atom is -0.352 e. The number of hydrogen-bond donors (Lipinski definition) is 3. The maximum Gasteiger partial charge on any atom is 0.253 e. The highest BCUT2D eigenvalue weighted by molar-refractivity contribution is 7.80. The number of thiocarbonyl (C=S) groups is 1. The zero-order valence-corrected chi connectivity index (χ0v) is 16.8. The van der Waals surface area contributed by atoms with Crippen LogP contribution in [0.4, 0.5) is 5.69 Å². The SMILES string of the molecule is CCNC(=O)c1ccccc1NC(=S)NC(=O)C=Cc1cccc2ccccc12. The normalized spacial score (nSPS) is 10.7. The lowest BCUT2D eigenvalue weighted by Crippen LogP contribution is -2.34. The highest BCUT2D eigenvalue weighted by atomic mass is 32.1. The summed E-state index contributed by atoms with van der Waals surface area (Å²) >= 11 is 5.22. The van der Waals surface area contributed by atoms with Gasteiger partial charge in [0.05, 0.1) is 11.3 Å². The maximum absolute atomic E-state index is 12.3. The van der Waals surface area contributed by atoms with Crippen LogP contribution in [0.3, 0.4) is 0 Å². The van der Waals surface area contributed by atoms with Gasteiger partial charge in [0.2, 0.25) is 5.91 Å². The Morgan fingerprint density at radius 1 is 0.966 bits per heavy atom. The molecule has 0 radical (unpaired) electrons. The summed E-state index contributed by atoms with van der Waals surface area (Å²) in [6.07, 6.45) is 3.19. The van der Waals surface area contributed by atoms with Gasteiger partial charge in [-0.1, -0.05) is 54.6 Å². The van der Waals surface area contributed by atoms with Crippen molar-refractivity contribution in [1.29, 1.82) is 0 Å². The second kappa shape index (κ2) is 9.61. The third kappa shape index (κ3) is 5.27. The van der Waals surface area contributed by atoms with E-state index in [1.165, 1.54) is 6.08 Å². The Labute approximate surface area is 174 Å². The van der Waals surface area contributed by atoms with Crippen LogP contribution < -0.4 is 16.0 Å². The standard InChI is InChI=1S/C23H21N3O2S/c1-2-24-22(28)19-12-5-6-13-20(19)25-23(29)26-21(27)15-14-17-10-7-9-16-8-3-4-11-18(16)17/h3-15H,2H2,1H3,(H,24,28)(H2,25,26,27,29). The molecule has 0 fully saturated rings. The molecule has 29 heavy (non-hydrogen) atoms. The van der Waals surface area contributed by atoms with Gasteiger partial charge in [0.1, 0.15) is 0 Å². The van der Waals surface area contributed by atoms with Crippen molar-refractivity contribution in [3.8, 4) is 0 Å².